The summed E-state index contributed by atoms with van der Waals surface area (Å²) in [5.41, 5.74) is 1.11. The molecule has 2 aromatic carbocycles. The number of hydrogen-bond donors (Lipinski definition) is 1. The van der Waals surface area contributed by atoms with Gasteiger partial charge in [-0.05, 0) is 24.3 Å². The van der Waals surface area contributed by atoms with Crippen LogP contribution in [0.4, 0.5) is 17.1 Å². The molecule has 1 N–H and O–H groups in total. The molecular formula is C22H25ClN4O5. The van der Waals surface area contributed by atoms with Gasteiger partial charge in [-0.2, -0.15) is 0 Å². The first-order chi connectivity index (χ1) is 15.3. The molecule has 9 nitrogen and oxygen atoms in total. The van der Waals surface area contributed by atoms with Crippen LogP contribution >= 0.6 is 11.6 Å². The molecule has 10 heteroatoms. The number of nitro groups is 1. The van der Waals surface area contributed by atoms with E-state index in [1.165, 1.54) is 18.2 Å². The molecule has 0 bridgehead atoms. The predicted molar refractivity (Wildman–Crippen MR) is 122 cm³/mol. The highest BCUT2D eigenvalue weighted by atomic mass is 35.5. The fraction of sp³-hybridized carbons (Fsp3) is 0.364. The third kappa shape index (κ3) is 5.67. The van der Waals surface area contributed by atoms with Gasteiger partial charge in [0, 0.05) is 43.9 Å². The Labute approximate surface area is 191 Å². The first kappa shape index (κ1) is 23.3. The average Bonchev–Trinajstić information content (AvgIpc) is 2.77. The van der Waals surface area contributed by atoms with Crippen molar-refractivity contribution < 1.29 is 19.2 Å². The van der Waals surface area contributed by atoms with Crippen LogP contribution in [0.5, 0.6) is 5.75 Å². The van der Waals surface area contributed by atoms with Crippen molar-refractivity contribution in [3.63, 3.8) is 0 Å². The number of halogens is 1. The Bertz CT molecular complexity index is 1010. The third-order valence-corrected chi connectivity index (χ3v) is 5.38. The lowest BCUT2D eigenvalue weighted by molar-refractivity contribution is -0.385. The molecule has 1 aliphatic heterocycles. The summed E-state index contributed by atoms with van der Waals surface area (Å²) in [6, 6.07) is 11.1. The molecule has 1 heterocycles. The molecule has 1 saturated heterocycles. The van der Waals surface area contributed by atoms with Crippen molar-refractivity contribution in [2.75, 3.05) is 43.0 Å². The SMILES string of the molecule is CC(C)C(=O)N1CCN(c2ccc(NC(=O)COc3ccccc3[N+](=O)[O-])cc2Cl)CC1. The van der Waals surface area contributed by atoms with Crippen molar-refractivity contribution in [2.45, 2.75) is 13.8 Å². The molecule has 3 rings (SSSR count). The molecule has 2 amide bonds. The largest absolute Gasteiger partial charge is 0.477 e. The summed E-state index contributed by atoms with van der Waals surface area (Å²) in [4.78, 5) is 38.8. The minimum absolute atomic E-state index is 0.0231. The van der Waals surface area contributed by atoms with Crippen LogP contribution in [-0.4, -0.2) is 54.4 Å². The lowest BCUT2D eigenvalue weighted by Crippen LogP contribution is -2.50. The molecule has 0 aliphatic carbocycles. The van der Waals surface area contributed by atoms with Gasteiger partial charge in [0.15, 0.2) is 12.4 Å². The number of anilines is 2. The summed E-state index contributed by atoms with van der Waals surface area (Å²) >= 11 is 6.44. The smallest absolute Gasteiger partial charge is 0.310 e. The lowest BCUT2D eigenvalue weighted by atomic mass is 10.1. The van der Waals surface area contributed by atoms with Crippen molar-refractivity contribution in [1.82, 2.24) is 4.90 Å². The fourth-order valence-electron chi connectivity index (χ4n) is 3.44. The number of benzene rings is 2. The van der Waals surface area contributed by atoms with Crippen LogP contribution in [0.25, 0.3) is 0 Å². The molecule has 0 atom stereocenters. The van der Waals surface area contributed by atoms with Gasteiger partial charge in [0.1, 0.15) is 0 Å². The summed E-state index contributed by atoms with van der Waals surface area (Å²) in [6.07, 6.45) is 0. The fourth-order valence-corrected chi connectivity index (χ4v) is 3.74. The van der Waals surface area contributed by atoms with Crippen LogP contribution in [-0.2, 0) is 9.59 Å². The van der Waals surface area contributed by atoms with Gasteiger partial charge in [-0.15, -0.1) is 0 Å². The van der Waals surface area contributed by atoms with Crippen LogP contribution in [0, 0.1) is 16.0 Å². The zero-order chi connectivity index (χ0) is 23.3. The van der Waals surface area contributed by atoms with E-state index in [1.54, 1.807) is 18.2 Å². The second-order valence-corrected chi connectivity index (χ2v) is 8.10. The number of amides is 2. The van der Waals surface area contributed by atoms with Gasteiger partial charge in [-0.25, -0.2) is 0 Å². The first-order valence-corrected chi connectivity index (χ1v) is 10.6. The Morgan fingerprint density at radius 3 is 2.47 bits per heavy atom. The zero-order valence-electron chi connectivity index (χ0n) is 17.9. The van der Waals surface area contributed by atoms with E-state index in [2.05, 4.69) is 10.2 Å². The molecule has 32 heavy (non-hydrogen) atoms. The van der Waals surface area contributed by atoms with E-state index in [0.717, 1.165) is 5.69 Å². The minimum atomic E-state index is -0.565. The summed E-state index contributed by atoms with van der Waals surface area (Å²) in [5.74, 6) is -0.314. The topological polar surface area (TPSA) is 105 Å². The molecule has 1 aliphatic rings. The van der Waals surface area contributed by atoms with E-state index < -0.39 is 10.8 Å². The van der Waals surface area contributed by atoms with Crippen molar-refractivity contribution >= 4 is 40.5 Å². The van der Waals surface area contributed by atoms with Gasteiger partial charge in [0.05, 0.1) is 15.6 Å². The van der Waals surface area contributed by atoms with Crippen LogP contribution in [0.3, 0.4) is 0 Å². The number of para-hydroxylation sites is 2. The maximum absolute atomic E-state index is 12.2. The maximum Gasteiger partial charge on any atom is 0.310 e. The minimum Gasteiger partial charge on any atom is -0.477 e. The second-order valence-electron chi connectivity index (χ2n) is 7.69. The highest BCUT2D eigenvalue weighted by molar-refractivity contribution is 6.33. The maximum atomic E-state index is 12.2. The molecule has 0 aromatic heterocycles. The normalized spacial score (nSPS) is 13.8. The van der Waals surface area contributed by atoms with Gasteiger partial charge in [-0.1, -0.05) is 37.6 Å². The highest BCUT2D eigenvalue weighted by Crippen LogP contribution is 2.30. The van der Waals surface area contributed by atoms with Crippen molar-refractivity contribution in [3.05, 3.63) is 57.6 Å². The monoisotopic (exact) mass is 460 g/mol. The van der Waals surface area contributed by atoms with Gasteiger partial charge >= 0.3 is 5.69 Å². The number of nitro benzene ring substituents is 1. The van der Waals surface area contributed by atoms with E-state index in [4.69, 9.17) is 16.3 Å². The highest BCUT2D eigenvalue weighted by Gasteiger charge is 2.24. The summed E-state index contributed by atoms with van der Waals surface area (Å²) in [6.45, 7) is 6.02. The summed E-state index contributed by atoms with van der Waals surface area (Å²) < 4.78 is 5.30. The van der Waals surface area contributed by atoms with E-state index in [1.807, 2.05) is 24.8 Å². The molecule has 2 aromatic rings. The van der Waals surface area contributed by atoms with Gasteiger partial charge in [-0.3, -0.25) is 19.7 Å². The lowest BCUT2D eigenvalue weighted by Gasteiger charge is -2.37. The van der Waals surface area contributed by atoms with E-state index >= 15 is 0 Å². The van der Waals surface area contributed by atoms with Crippen LogP contribution < -0.4 is 15.0 Å². The number of rotatable bonds is 7. The number of ether oxygens (including phenoxy) is 1. The Hall–Kier alpha value is -3.33. The average molecular weight is 461 g/mol. The van der Waals surface area contributed by atoms with Crippen LogP contribution in [0.2, 0.25) is 5.02 Å². The quantitative estimate of drug-likeness (QED) is 0.500. The van der Waals surface area contributed by atoms with Crippen molar-refractivity contribution in [2.24, 2.45) is 5.92 Å². The van der Waals surface area contributed by atoms with Gasteiger partial charge in [0.25, 0.3) is 5.91 Å². The van der Waals surface area contributed by atoms with E-state index in [-0.39, 0.29) is 29.9 Å². The molecule has 0 saturated carbocycles. The summed E-state index contributed by atoms with van der Waals surface area (Å²) in [5, 5.41) is 14.2. The number of nitrogens with zero attached hydrogens (tertiary/aromatic N) is 3. The first-order valence-electron chi connectivity index (χ1n) is 10.3. The Kier molecular flexibility index (Phi) is 7.53. The Morgan fingerprint density at radius 2 is 1.84 bits per heavy atom. The molecule has 0 spiro atoms. The van der Waals surface area contributed by atoms with Gasteiger partial charge < -0.3 is 19.9 Å². The molecule has 170 valence electrons. The number of hydrogen-bond acceptors (Lipinski definition) is 6. The van der Waals surface area contributed by atoms with Crippen molar-refractivity contribution in [1.29, 1.82) is 0 Å². The Morgan fingerprint density at radius 1 is 1.16 bits per heavy atom. The number of carbonyl (C=O) groups is 2. The van der Waals surface area contributed by atoms with Crippen molar-refractivity contribution in [3.8, 4) is 5.75 Å². The number of nitrogens with one attached hydrogen (secondary N) is 1. The molecule has 0 radical (unpaired) electrons. The van der Waals surface area contributed by atoms with E-state index in [9.17, 15) is 19.7 Å². The molecule has 1 fully saturated rings. The van der Waals surface area contributed by atoms with Crippen LogP contribution in [0.1, 0.15) is 13.8 Å². The number of piperazine rings is 1. The van der Waals surface area contributed by atoms with Gasteiger partial charge in [0.2, 0.25) is 5.91 Å². The van der Waals surface area contributed by atoms with E-state index in [0.29, 0.717) is 36.9 Å². The standard InChI is InChI=1S/C22H25ClN4O5/c1-15(2)22(29)26-11-9-25(10-12-26)18-8-7-16(13-17(18)23)24-21(28)14-32-20-6-4-3-5-19(20)27(30)31/h3-8,13,15H,9-12,14H2,1-2H3,(H,24,28). The zero-order valence-corrected chi connectivity index (χ0v) is 18.7. The second kappa shape index (κ2) is 10.3. The third-order valence-electron chi connectivity index (χ3n) is 5.08. The molecule has 0 unspecified atom stereocenters. The predicted octanol–water partition coefficient (Wildman–Crippen LogP) is 3.57. The summed E-state index contributed by atoms with van der Waals surface area (Å²) in [7, 11) is 0. The van der Waals surface area contributed by atoms with Crippen LogP contribution in [0.15, 0.2) is 42.5 Å². The number of carbonyl (C=O) groups excluding carboxylic acids is 2. The molecular weight excluding hydrogens is 436 g/mol. The Balaban J connectivity index is 1.56.